The van der Waals surface area contributed by atoms with Crippen molar-refractivity contribution in [2.24, 2.45) is 5.92 Å². The first-order valence-electron chi connectivity index (χ1n) is 11.1. The summed E-state index contributed by atoms with van der Waals surface area (Å²) in [6.45, 7) is 8.76. The molecular weight excluding hydrogens is 420 g/mol. The van der Waals surface area contributed by atoms with E-state index < -0.39 is 11.9 Å². The minimum atomic E-state index is -1.59. The van der Waals surface area contributed by atoms with E-state index in [0.717, 1.165) is 28.3 Å². The molecule has 3 aromatic rings. The molecule has 0 unspecified atom stereocenters. The highest BCUT2D eigenvalue weighted by Crippen LogP contribution is 2.28. The number of hydrogen-bond acceptors (Lipinski definition) is 6. The molecule has 33 heavy (non-hydrogen) atoms. The van der Waals surface area contributed by atoms with Gasteiger partial charge in [0.1, 0.15) is 17.1 Å². The van der Waals surface area contributed by atoms with Gasteiger partial charge < -0.3 is 24.4 Å². The lowest BCUT2D eigenvalue weighted by atomic mass is 10.1. The molecule has 0 aliphatic heterocycles. The number of nitrogens with zero attached hydrogens (tertiary/aromatic N) is 2. The molecule has 3 rings (SSSR count). The molecule has 1 heterocycles. The first-order chi connectivity index (χ1) is 15.7. The summed E-state index contributed by atoms with van der Waals surface area (Å²) in [5.41, 5.74) is 2.43. The first-order valence-corrected chi connectivity index (χ1v) is 11.1. The van der Waals surface area contributed by atoms with Crippen LogP contribution in [0.1, 0.15) is 39.0 Å². The van der Waals surface area contributed by atoms with Crippen molar-refractivity contribution in [1.29, 1.82) is 0 Å². The highest BCUT2D eigenvalue weighted by molar-refractivity contribution is 5.62. The molecule has 0 spiro atoms. The van der Waals surface area contributed by atoms with Crippen molar-refractivity contribution < 1.29 is 24.4 Å². The van der Waals surface area contributed by atoms with Crippen molar-refractivity contribution >= 4 is 0 Å². The SMILES string of the molecule is COc1ccccc1Cn1nc(COC(C)(C)C(O)O)cc1-c1cccc(OCC(C)C)c1. The number of aromatic nitrogens is 2. The number of ether oxygens (including phenoxy) is 3. The van der Waals surface area contributed by atoms with Crippen LogP contribution in [0.2, 0.25) is 0 Å². The van der Waals surface area contributed by atoms with E-state index in [-0.39, 0.29) is 6.61 Å². The number of aliphatic hydroxyl groups excluding tert-OH is 1. The summed E-state index contributed by atoms with van der Waals surface area (Å²) < 4.78 is 19.1. The topological polar surface area (TPSA) is 86.0 Å². The molecule has 0 saturated carbocycles. The number of para-hydroxylation sites is 1. The summed E-state index contributed by atoms with van der Waals surface area (Å²) in [5.74, 6) is 2.02. The lowest BCUT2D eigenvalue weighted by Crippen LogP contribution is -2.38. The third kappa shape index (κ3) is 6.57. The Kier molecular flexibility index (Phi) is 8.13. The molecule has 0 saturated heterocycles. The fourth-order valence-corrected chi connectivity index (χ4v) is 3.23. The lowest BCUT2D eigenvalue weighted by Gasteiger charge is -2.26. The number of hydrogen-bond donors (Lipinski definition) is 2. The average Bonchev–Trinajstić information content (AvgIpc) is 3.19. The highest BCUT2D eigenvalue weighted by atomic mass is 16.6. The van der Waals surface area contributed by atoms with Gasteiger partial charge in [0.15, 0.2) is 6.29 Å². The largest absolute Gasteiger partial charge is 0.496 e. The van der Waals surface area contributed by atoms with Crippen molar-refractivity contribution in [3.63, 3.8) is 0 Å². The molecule has 0 aliphatic rings. The fourth-order valence-electron chi connectivity index (χ4n) is 3.23. The Hall–Kier alpha value is -2.87. The van der Waals surface area contributed by atoms with Crippen LogP contribution in [0, 0.1) is 5.92 Å². The molecule has 2 aromatic carbocycles. The molecule has 7 nitrogen and oxygen atoms in total. The minimum Gasteiger partial charge on any atom is -0.496 e. The molecule has 0 atom stereocenters. The van der Waals surface area contributed by atoms with E-state index >= 15 is 0 Å². The normalized spacial score (nSPS) is 11.9. The van der Waals surface area contributed by atoms with Crippen molar-refractivity contribution in [3.8, 4) is 22.8 Å². The second-order valence-electron chi connectivity index (χ2n) is 8.99. The van der Waals surface area contributed by atoms with Crippen LogP contribution in [-0.4, -0.2) is 45.6 Å². The van der Waals surface area contributed by atoms with Gasteiger partial charge >= 0.3 is 0 Å². The fraction of sp³-hybridized carbons (Fsp3) is 0.423. The van der Waals surface area contributed by atoms with Gasteiger partial charge in [-0.2, -0.15) is 5.10 Å². The smallest absolute Gasteiger partial charge is 0.180 e. The summed E-state index contributed by atoms with van der Waals surface area (Å²) in [6, 6.07) is 17.7. The standard InChI is InChI=1S/C26H34N2O5/c1-18(2)16-32-22-11-8-10-19(13-22)23-14-21(17-33-26(3,4)25(29)30)27-28(23)15-20-9-6-7-12-24(20)31-5/h6-14,18,25,29-30H,15-17H2,1-5H3. The Morgan fingerprint density at radius 1 is 1.03 bits per heavy atom. The summed E-state index contributed by atoms with van der Waals surface area (Å²) >= 11 is 0. The second-order valence-corrected chi connectivity index (χ2v) is 8.99. The van der Waals surface area contributed by atoms with Gasteiger partial charge in [-0.05, 0) is 44.0 Å². The van der Waals surface area contributed by atoms with Crippen LogP contribution >= 0.6 is 0 Å². The Morgan fingerprint density at radius 2 is 1.79 bits per heavy atom. The molecule has 0 radical (unpaired) electrons. The van der Waals surface area contributed by atoms with Gasteiger partial charge in [0, 0.05) is 11.1 Å². The number of benzene rings is 2. The van der Waals surface area contributed by atoms with Crippen molar-refractivity contribution in [2.75, 3.05) is 13.7 Å². The number of rotatable bonds is 11. The van der Waals surface area contributed by atoms with E-state index in [1.165, 1.54) is 0 Å². The summed E-state index contributed by atoms with van der Waals surface area (Å²) in [4.78, 5) is 0. The zero-order valence-corrected chi connectivity index (χ0v) is 20.0. The number of methoxy groups -OCH3 is 1. The van der Waals surface area contributed by atoms with Gasteiger partial charge in [-0.25, -0.2) is 0 Å². The molecule has 7 heteroatoms. The highest BCUT2D eigenvalue weighted by Gasteiger charge is 2.27. The Morgan fingerprint density at radius 3 is 2.48 bits per heavy atom. The monoisotopic (exact) mass is 454 g/mol. The first kappa shape index (κ1) is 24.8. The van der Waals surface area contributed by atoms with Crippen LogP contribution in [-0.2, 0) is 17.9 Å². The van der Waals surface area contributed by atoms with Gasteiger partial charge in [-0.3, -0.25) is 4.68 Å². The van der Waals surface area contributed by atoms with E-state index in [9.17, 15) is 10.2 Å². The van der Waals surface area contributed by atoms with Crippen molar-refractivity contribution in [2.45, 2.75) is 52.7 Å². The molecule has 0 bridgehead atoms. The van der Waals surface area contributed by atoms with Crippen LogP contribution < -0.4 is 9.47 Å². The third-order valence-electron chi connectivity index (χ3n) is 5.27. The summed E-state index contributed by atoms with van der Waals surface area (Å²) in [7, 11) is 1.65. The molecule has 0 fully saturated rings. The zero-order chi connectivity index (χ0) is 24.0. The summed E-state index contributed by atoms with van der Waals surface area (Å²) in [6.07, 6.45) is -1.59. The second kappa shape index (κ2) is 10.8. The maximum absolute atomic E-state index is 9.55. The maximum Gasteiger partial charge on any atom is 0.180 e. The molecule has 0 aliphatic carbocycles. The van der Waals surface area contributed by atoms with Crippen LogP contribution in [0.4, 0.5) is 0 Å². The average molecular weight is 455 g/mol. The van der Waals surface area contributed by atoms with E-state index in [2.05, 4.69) is 13.8 Å². The summed E-state index contributed by atoms with van der Waals surface area (Å²) in [5, 5.41) is 23.8. The van der Waals surface area contributed by atoms with Gasteiger partial charge in [-0.15, -0.1) is 0 Å². The lowest BCUT2D eigenvalue weighted by molar-refractivity contribution is -0.197. The number of aliphatic hydroxyl groups is 2. The van der Waals surface area contributed by atoms with Crippen LogP contribution in [0.5, 0.6) is 11.5 Å². The predicted molar refractivity (Wildman–Crippen MR) is 127 cm³/mol. The molecule has 0 amide bonds. The van der Waals surface area contributed by atoms with E-state index in [4.69, 9.17) is 19.3 Å². The van der Waals surface area contributed by atoms with Gasteiger partial charge in [-0.1, -0.05) is 44.2 Å². The van der Waals surface area contributed by atoms with E-state index in [0.29, 0.717) is 24.8 Å². The van der Waals surface area contributed by atoms with Crippen molar-refractivity contribution in [3.05, 3.63) is 65.9 Å². The quantitative estimate of drug-likeness (QED) is 0.422. The minimum absolute atomic E-state index is 0.139. The van der Waals surface area contributed by atoms with E-state index in [1.807, 2.05) is 59.3 Å². The van der Waals surface area contributed by atoms with Crippen LogP contribution in [0.15, 0.2) is 54.6 Å². The molecule has 178 valence electrons. The molecular formula is C26H34N2O5. The van der Waals surface area contributed by atoms with Crippen LogP contribution in [0.3, 0.4) is 0 Å². The Labute approximate surface area is 195 Å². The van der Waals surface area contributed by atoms with Gasteiger partial charge in [0.25, 0.3) is 0 Å². The maximum atomic E-state index is 9.55. The zero-order valence-electron chi connectivity index (χ0n) is 20.0. The third-order valence-corrected chi connectivity index (χ3v) is 5.27. The van der Waals surface area contributed by atoms with E-state index in [1.54, 1.807) is 21.0 Å². The van der Waals surface area contributed by atoms with Gasteiger partial charge in [0.05, 0.1) is 38.3 Å². The van der Waals surface area contributed by atoms with Crippen LogP contribution in [0.25, 0.3) is 11.3 Å². The molecule has 2 N–H and O–H groups in total. The molecule has 1 aromatic heterocycles. The van der Waals surface area contributed by atoms with Crippen molar-refractivity contribution in [1.82, 2.24) is 9.78 Å². The Balaban J connectivity index is 1.95. The van der Waals surface area contributed by atoms with Gasteiger partial charge in [0.2, 0.25) is 0 Å². The predicted octanol–water partition coefficient (Wildman–Crippen LogP) is 4.25. The Bertz CT molecular complexity index is 1040.